The molecule has 0 aliphatic heterocycles. The van der Waals surface area contributed by atoms with E-state index in [2.05, 4.69) is 26.2 Å². The Bertz CT molecular complexity index is 609. The van der Waals surface area contributed by atoms with E-state index in [9.17, 15) is 9.59 Å². The molecule has 7 heteroatoms. The Balaban J connectivity index is 2.28. The van der Waals surface area contributed by atoms with Gasteiger partial charge in [-0.1, -0.05) is 0 Å². The molecule has 18 heavy (non-hydrogen) atoms. The molecule has 2 N–H and O–H groups in total. The van der Waals surface area contributed by atoms with Gasteiger partial charge in [-0.05, 0) is 34.1 Å². The molecule has 0 aromatic carbocycles. The first-order valence-electron chi connectivity index (χ1n) is 4.82. The van der Waals surface area contributed by atoms with Crippen LogP contribution in [0.1, 0.15) is 20.7 Å². The fourth-order valence-corrected chi connectivity index (χ4v) is 1.73. The van der Waals surface area contributed by atoms with Crippen LogP contribution in [0.2, 0.25) is 0 Å². The molecular formula is C11H7BrN2O4. The lowest BCUT2D eigenvalue weighted by Gasteiger charge is -2.05. The molecular weight excluding hydrogens is 304 g/mol. The molecule has 2 rings (SSSR count). The van der Waals surface area contributed by atoms with Crippen LogP contribution in [0.25, 0.3) is 0 Å². The first-order valence-corrected chi connectivity index (χ1v) is 5.61. The molecule has 0 saturated heterocycles. The summed E-state index contributed by atoms with van der Waals surface area (Å²) >= 11 is 3.06. The van der Waals surface area contributed by atoms with Gasteiger partial charge in [0.15, 0.2) is 4.67 Å². The molecule has 2 aromatic rings. The first kappa shape index (κ1) is 12.3. The van der Waals surface area contributed by atoms with Crippen molar-refractivity contribution >= 4 is 33.6 Å². The number of nitrogens with one attached hydrogen (secondary N) is 1. The monoisotopic (exact) mass is 310 g/mol. The van der Waals surface area contributed by atoms with Crippen LogP contribution in [0.4, 0.5) is 5.82 Å². The van der Waals surface area contributed by atoms with Crippen LogP contribution in [0.3, 0.4) is 0 Å². The van der Waals surface area contributed by atoms with Gasteiger partial charge in [0.05, 0.1) is 11.8 Å². The van der Waals surface area contributed by atoms with Gasteiger partial charge in [-0.15, -0.1) is 0 Å². The third kappa shape index (κ3) is 2.40. The first-order chi connectivity index (χ1) is 8.59. The number of carboxylic acid groups (broad SMARTS) is 1. The van der Waals surface area contributed by atoms with Crippen molar-refractivity contribution in [1.82, 2.24) is 4.98 Å². The Kier molecular flexibility index (Phi) is 3.42. The lowest BCUT2D eigenvalue weighted by molar-refractivity contribution is 0.0697. The number of furan rings is 1. The second kappa shape index (κ2) is 5.01. The van der Waals surface area contributed by atoms with Gasteiger partial charge < -0.3 is 14.8 Å². The number of pyridine rings is 1. The molecule has 0 fully saturated rings. The summed E-state index contributed by atoms with van der Waals surface area (Å²) in [5.74, 6) is -1.68. The SMILES string of the molecule is O=C(O)c1cccnc1NC(=O)c1ccoc1Br. The summed E-state index contributed by atoms with van der Waals surface area (Å²) in [5, 5.41) is 11.4. The van der Waals surface area contributed by atoms with Gasteiger partial charge in [0.1, 0.15) is 11.4 Å². The summed E-state index contributed by atoms with van der Waals surface area (Å²) in [6.07, 6.45) is 2.74. The summed E-state index contributed by atoms with van der Waals surface area (Å²) in [6, 6.07) is 4.30. The van der Waals surface area contributed by atoms with E-state index in [1.54, 1.807) is 0 Å². The van der Waals surface area contributed by atoms with E-state index < -0.39 is 11.9 Å². The number of aromatic nitrogens is 1. The molecule has 0 radical (unpaired) electrons. The largest absolute Gasteiger partial charge is 0.478 e. The normalized spacial score (nSPS) is 10.1. The van der Waals surface area contributed by atoms with Crippen molar-refractivity contribution in [2.75, 3.05) is 5.32 Å². The topological polar surface area (TPSA) is 92.4 Å². The Morgan fingerprint density at radius 1 is 1.33 bits per heavy atom. The van der Waals surface area contributed by atoms with Crippen molar-refractivity contribution in [3.8, 4) is 0 Å². The van der Waals surface area contributed by atoms with Crippen LogP contribution in [-0.2, 0) is 0 Å². The predicted octanol–water partition coefficient (Wildman–Crippen LogP) is 2.39. The summed E-state index contributed by atoms with van der Waals surface area (Å²) in [6.45, 7) is 0. The highest BCUT2D eigenvalue weighted by Gasteiger charge is 2.17. The van der Waals surface area contributed by atoms with Crippen LogP contribution in [0.15, 0.2) is 39.7 Å². The molecule has 0 saturated carbocycles. The molecule has 2 aromatic heterocycles. The average Bonchev–Trinajstić information content (AvgIpc) is 2.76. The van der Waals surface area contributed by atoms with Gasteiger partial charge in [0.2, 0.25) is 0 Å². The lowest BCUT2D eigenvalue weighted by Crippen LogP contribution is -2.15. The fraction of sp³-hybridized carbons (Fsp3) is 0. The fourth-order valence-electron chi connectivity index (χ4n) is 1.31. The molecule has 0 spiro atoms. The van der Waals surface area contributed by atoms with Gasteiger partial charge >= 0.3 is 5.97 Å². The van der Waals surface area contributed by atoms with Crippen molar-refractivity contribution in [1.29, 1.82) is 0 Å². The third-order valence-electron chi connectivity index (χ3n) is 2.13. The number of aromatic carboxylic acids is 1. The van der Waals surface area contributed by atoms with E-state index >= 15 is 0 Å². The zero-order chi connectivity index (χ0) is 13.1. The van der Waals surface area contributed by atoms with E-state index in [1.807, 2.05) is 0 Å². The van der Waals surface area contributed by atoms with Crippen molar-refractivity contribution < 1.29 is 19.1 Å². The second-order valence-electron chi connectivity index (χ2n) is 3.27. The number of anilines is 1. The van der Waals surface area contributed by atoms with Crippen molar-refractivity contribution in [3.05, 3.63) is 46.5 Å². The van der Waals surface area contributed by atoms with E-state index in [-0.39, 0.29) is 21.6 Å². The predicted molar refractivity (Wildman–Crippen MR) is 65.6 cm³/mol. The zero-order valence-electron chi connectivity index (χ0n) is 8.88. The Morgan fingerprint density at radius 2 is 2.11 bits per heavy atom. The number of hydrogen-bond acceptors (Lipinski definition) is 4. The maximum absolute atomic E-state index is 11.8. The van der Waals surface area contributed by atoms with Crippen molar-refractivity contribution in [2.45, 2.75) is 0 Å². The highest BCUT2D eigenvalue weighted by atomic mass is 79.9. The molecule has 0 atom stereocenters. The Labute approximate surface area is 110 Å². The highest BCUT2D eigenvalue weighted by molar-refractivity contribution is 9.10. The van der Waals surface area contributed by atoms with Crippen LogP contribution < -0.4 is 5.32 Å². The number of carboxylic acids is 1. The number of halogens is 1. The number of carbonyl (C=O) groups excluding carboxylic acids is 1. The number of rotatable bonds is 3. The quantitative estimate of drug-likeness (QED) is 0.908. The Hall–Kier alpha value is -2.15. The summed E-state index contributed by atoms with van der Waals surface area (Å²) in [4.78, 5) is 26.6. The molecule has 0 unspecified atom stereocenters. The third-order valence-corrected chi connectivity index (χ3v) is 2.75. The summed E-state index contributed by atoms with van der Waals surface area (Å²) in [7, 11) is 0. The van der Waals surface area contributed by atoms with E-state index in [0.29, 0.717) is 0 Å². The standard InChI is InChI=1S/C11H7BrN2O4/c12-8-6(3-5-18-8)10(15)14-9-7(11(16)17)2-1-4-13-9/h1-5H,(H,16,17)(H,13,14,15). The molecule has 92 valence electrons. The van der Waals surface area contributed by atoms with Crippen LogP contribution in [0.5, 0.6) is 0 Å². The van der Waals surface area contributed by atoms with Crippen molar-refractivity contribution in [2.24, 2.45) is 0 Å². The highest BCUT2D eigenvalue weighted by Crippen LogP contribution is 2.19. The smallest absolute Gasteiger partial charge is 0.339 e. The molecule has 2 heterocycles. The van der Waals surface area contributed by atoms with Crippen LogP contribution in [0, 0.1) is 0 Å². The molecule has 0 aliphatic rings. The second-order valence-corrected chi connectivity index (χ2v) is 3.99. The van der Waals surface area contributed by atoms with E-state index in [4.69, 9.17) is 9.52 Å². The van der Waals surface area contributed by atoms with Crippen LogP contribution >= 0.6 is 15.9 Å². The maximum Gasteiger partial charge on any atom is 0.339 e. The number of amides is 1. The van der Waals surface area contributed by atoms with Crippen molar-refractivity contribution in [3.63, 3.8) is 0 Å². The van der Waals surface area contributed by atoms with Gasteiger partial charge in [0.25, 0.3) is 5.91 Å². The van der Waals surface area contributed by atoms with E-state index in [0.717, 1.165) is 0 Å². The molecule has 1 amide bonds. The number of carbonyl (C=O) groups is 2. The molecule has 6 nitrogen and oxygen atoms in total. The number of nitrogens with zero attached hydrogens (tertiary/aromatic N) is 1. The van der Waals surface area contributed by atoms with Gasteiger partial charge in [-0.2, -0.15) is 0 Å². The maximum atomic E-state index is 11.8. The minimum Gasteiger partial charge on any atom is -0.478 e. The Morgan fingerprint density at radius 3 is 2.72 bits per heavy atom. The summed E-state index contributed by atoms with van der Waals surface area (Å²) in [5.41, 5.74) is 0.183. The van der Waals surface area contributed by atoms with E-state index in [1.165, 1.54) is 30.7 Å². The van der Waals surface area contributed by atoms with Crippen LogP contribution in [-0.4, -0.2) is 22.0 Å². The van der Waals surface area contributed by atoms with Gasteiger partial charge in [0, 0.05) is 6.20 Å². The molecule has 0 bridgehead atoms. The minimum absolute atomic E-state index is 0.0110. The molecule has 0 aliphatic carbocycles. The minimum atomic E-state index is -1.16. The summed E-state index contributed by atoms with van der Waals surface area (Å²) < 4.78 is 5.19. The lowest BCUT2D eigenvalue weighted by atomic mass is 10.2. The average molecular weight is 311 g/mol. The number of hydrogen-bond donors (Lipinski definition) is 2. The van der Waals surface area contributed by atoms with Gasteiger partial charge in [-0.3, -0.25) is 4.79 Å². The zero-order valence-corrected chi connectivity index (χ0v) is 10.5. The van der Waals surface area contributed by atoms with Gasteiger partial charge in [-0.25, -0.2) is 9.78 Å².